The number of likely N-dealkylation sites (tertiary alicyclic amines) is 1. The normalized spacial score (nSPS) is 14.6. The molecule has 0 saturated carbocycles. The average molecular weight is 461 g/mol. The molecule has 0 bridgehead atoms. The molecule has 0 radical (unpaired) electrons. The van der Waals surface area contributed by atoms with Crippen LogP contribution in [0.1, 0.15) is 34.3 Å². The van der Waals surface area contributed by atoms with Crippen LogP contribution in [0.25, 0.3) is 0 Å². The van der Waals surface area contributed by atoms with Crippen LogP contribution in [0.15, 0.2) is 48.5 Å². The van der Waals surface area contributed by atoms with Gasteiger partial charge in [0.2, 0.25) is 11.8 Å². The van der Waals surface area contributed by atoms with Gasteiger partial charge in [-0.15, -0.1) is 0 Å². The van der Waals surface area contributed by atoms with E-state index in [1.807, 2.05) is 19.1 Å². The molecule has 0 unspecified atom stereocenters. The molecule has 1 N–H and O–H groups in total. The van der Waals surface area contributed by atoms with Crippen molar-refractivity contribution in [3.05, 3.63) is 65.2 Å². The van der Waals surface area contributed by atoms with Crippen molar-refractivity contribution < 1.29 is 27.6 Å². The van der Waals surface area contributed by atoms with Gasteiger partial charge in [-0.2, -0.15) is 13.2 Å². The lowest BCUT2D eigenvalue weighted by Crippen LogP contribution is -2.45. The SMILES string of the molecule is Cc1ccc(NC(=O)CN(C)C(=O)C2CCN(C(=O)c3ccc(C(F)(F)F)cc3)CC2)cc1. The number of carbonyl (C=O) groups excluding carboxylic acids is 3. The van der Waals surface area contributed by atoms with Crippen molar-refractivity contribution in [2.45, 2.75) is 25.9 Å². The topological polar surface area (TPSA) is 69.7 Å². The summed E-state index contributed by atoms with van der Waals surface area (Å²) >= 11 is 0. The molecule has 0 spiro atoms. The third kappa shape index (κ3) is 6.34. The molecule has 2 aromatic carbocycles. The zero-order chi connectivity index (χ0) is 24.2. The number of hydrogen-bond acceptors (Lipinski definition) is 3. The van der Waals surface area contributed by atoms with Crippen LogP contribution in [-0.4, -0.2) is 54.2 Å². The molecule has 176 valence electrons. The van der Waals surface area contributed by atoms with Crippen molar-refractivity contribution in [3.63, 3.8) is 0 Å². The lowest BCUT2D eigenvalue weighted by atomic mass is 9.94. The van der Waals surface area contributed by atoms with Gasteiger partial charge in [0, 0.05) is 37.3 Å². The summed E-state index contributed by atoms with van der Waals surface area (Å²) in [6.07, 6.45) is -3.60. The Morgan fingerprint density at radius 1 is 1.00 bits per heavy atom. The van der Waals surface area contributed by atoms with Crippen LogP contribution in [0.5, 0.6) is 0 Å². The Morgan fingerprint density at radius 3 is 2.12 bits per heavy atom. The van der Waals surface area contributed by atoms with Gasteiger partial charge in [-0.25, -0.2) is 0 Å². The molecule has 1 heterocycles. The highest BCUT2D eigenvalue weighted by molar-refractivity contribution is 5.95. The third-order valence-electron chi connectivity index (χ3n) is 5.68. The monoisotopic (exact) mass is 461 g/mol. The minimum absolute atomic E-state index is 0.0859. The van der Waals surface area contributed by atoms with E-state index < -0.39 is 11.7 Å². The number of aryl methyl sites for hydroxylation is 1. The summed E-state index contributed by atoms with van der Waals surface area (Å²) < 4.78 is 38.1. The molecule has 3 amide bonds. The average Bonchev–Trinajstić information content (AvgIpc) is 2.79. The highest BCUT2D eigenvalue weighted by atomic mass is 19.4. The van der Waals surface area contributed by atoms with Crippen LogP contribution >= 0.6 is 0 Å². The van der Waals surface area contributed by atoms with Crippen molar-refractivity contribution in [1.29, 1.82) is 0 Å². The predicted molar refractivity (Wildman–Crippen MR) is 118 cm³/mol. The van der Waals surface area contributed by atoms with E-state index in [9.17, 15) is 27.6 Å². The summed E-state index contributed by atoms with van der Waals surface area (Å²) in [4.78, 5) is 40.5. The molecular weight excluding hydrogens is 435 g/mol. The summed E-state index contributed by atoms with van der Waals surface area (Å²) in [7, 11) is 1.57. The number of rotatable bonds is 5. The maximum absolute atomic E-state index is 12.7. The Balaban J connectivity index is 1.49. The number of carbonyl (C=O) groups is 3. The fraction of sp³-hybridized carbons (Fsp3) is 0.375. The number of nitrogens with zero attached hydrogens (tertiary/aromatic N) is 2. The molecule has 9 heteroatoms. The maximum Gasteiger partial charge on any atom is 0.416 e. The molecule has 1 fully saturated rings. The Labute approximate surface area is 190 Å². The number of benzene rings is 2. The number of anilines is 1. The molecule has 0 aromatic heterocycles. The molecule has 1 aliphatic heterocycles. The Hall–Kier alpha value is -3.36. The molecule has 3 rings (SSSR count). The number of hydrogen-bond donors (Lipinski definition) is 1. The third-order valence-corrected chi connectivity index (χ3v) is 5.68. The Bertz CT molecular complexity index is 996. The fourth-order valence-corrected chi connectivity index (χ4v) is 3.76. The maximum atomic E-state index is 12.7. The van der Waals surface area contributed by atoms with Crippen LogP contribution in [0.3, 0.4) is 0 Å². The molecule has 6 nitrogen and oxygen atoms in total. The molecule has 1 aliphatic rings. The quantitative estimate of drug-likeness (QED) is 0.733. The number of alkyl halides is 3. The number of amides is 3. The van der Waals surface area contributed by atoms with Crippen LogP contribution in [0.2, 0.25) is 0 Å². The zero-order valence-corrected chi connectivity index (χ0v) is 18.5. The number of halogens is 3. The first-order chi connectivity index (χ1) is 15.5. The predicted octanol–water partition coefficient (Wildman–Crippen LogP) is 3.96. The first-order valence-corrected chi connectivity index (χ1v) is 10.6. The van der Waals surface area contributed by atoms with E-state index in [0.717, 1.165) is 17.7 Å². The molecule has 33 heavy (non-hydrogen) atoms. The van der Waals surface area contributed by atoms with E-state index in [-0.39, 0.29) is 35.7 Å². The standard InChI is InChI=1S/C24H26F3N3O3/c1-16-3-9-20(10-4-16)28-21(31)15-29(2)22(32)18-11-13-30(14-12-18)23(33)17-5-7-19(8-6-17)24(25,26)27/h3-10,18H,11-15H2,1-2H3,(H,28,31). The van der Waals surface area contributed by atoms with E-state index in [1.165, 1.54) is 21.9 Å². The van der Waals surface area contributed by atoms with E-state index in [4.69, 9.17) is 0 Å². The first kappa shape index (κ1) is 24.3. The highest BCUT2D eigenvalue weighted by Gasteiger charge is 2.32. The van der Waals surface area contributed by atoms with Crippen LogP contribution in [0.4, 0.5) is 18.9 Å². The second-order valence-electron chi connectivity index (χ2n) is 8.25. The van der Waals surface area contributed by atoms with Gasteiger partial charge in [0.25, 0.3) is 5.91 Å². The van der Waals surface area contributed by atoms with Crippen molar-refractivity contribution in [2.24, 2.45) is 5.92 Å². The second kappa shape index (κ2) is 10.1. The minimum atomic E-state index is -4.46. The van der Waals surface area contributed by atoms with Crippen molar-refractivity contribution in [1.82, 2.24) is 9.80 Å². The van der Waals surface area contributed by atoms with Crippen LogP contribution in [-0.2, 0) is 15.8 Å². The lowest BCUT2D eigenvalue weighted by molar-refractivity contribution is -0.138. The molecule has 0 atom stereocenters. The molecular formula is C24H26F3N3O3. The van der Waals surface area contributed by atoms with E-state index in [0.29, 0.717) is 31.6 Å². The number of likely N-dealkylation sites (N-methyl/N-ethyl adjacent to an activating group) is 1. The number of piperidine rings is 1. The molecule has 0 aliphatic carbocycles. The van der Waals surface area contributed by atoms with Crippen molar-refractivity contribution in [2.75, 3.05) is 32.0 Å². The van der Waals surface area contributed by atoms with Crippen LogP contribution < -0.4 is 5.32 Å². The Morgan fingerprint density at radius 2 is 1.58 bits per heavy atom. The molecule has 2 aromatic rings. The molecule has 1 saturated heterocycles. The van der Waals surface area contributed by atoms with Crippen molar-refractivity contribution >= 4 is 23.4 Å². The van der Waals surface area contributed by atoms with Gasteiger partial charge in [0.05, 0.1) is 12.1 Å². The highest BCUT2D eigenvalue weighted by Crippen LogP contribution is 2.29. The lowest BCUT2D eigenvalue weighted by Gasteiger charge is -2.33. The summed E-state index contributed by atoms with van der Waals surface area (Å²) in [5.41, 5.74) is 1.10. The van der Waals surface area contributed by atoms with Gasteiger partial charge < -0.3 is 15.1 Å². The summed E-state index contributed by atoms with van der Waals surface area (Å²) in [5.74, 6) is -1.15. The van der Waals surface area contributed by atoms with Gasteiger partial charge in [0.1, 0.15) is 0 Å². The van der Waals surface area contributed by atoms with E-state index in [1.54, 1.807) is 19.2 Å². The van der Waals surface area contributed by atoms with Gasteiger partial charge in [-0.1, -0.05) is 17.7 Å². The second-order valence-corrected chi connectivity index (χ2v) is 8.25. The van der Waals surface area contributed by atoms with Gasteiger partial charge >= 0.3 is 6.18 Å². The van der Waals surface area contributed by atoms with Crippen LogP contribution in [0, 0.1) is 12.8 Å². The zero-order valence-electron chi connectivity index (χ0n) is 18.5. The minimum Gasteiger partial charge on any atom is -0.339 e. The Kier molecular flexibility index (Phi) is 7.40. The fourth-order valence-electron chi connectivity index (χ4n) is 3.76. The van der Waals surface area contributed by atoms with E-state index >= 15 is 0 Å². The van der Waals surface area contributed by atoms with E-state index in [2.05, 4.69) is 5.32 Å². The largest absolute Gasteiger partial charge is 0.416 e. The summed E-state index contributed by atoms with van der Waals surface area (Å²) in [6.45, 7) is 2.50. The summed E-state index contributed by atoms with van der Waals surface area (Å²) in [5, 5.41) is 2.76. The summed E-state index contributed by atoms with van der Waals surface area (Å²) in [6, 6.07) is 11.5. The first-order valence-electron chi connectivity index (χ1n) is 10.6. The van der Waals surface area contributed by atoms with Crippen molar-refractivity contribution in [3.8, 4) is 0 Å². The van der Waals surface area contributed by atoms with Gasteiger partial charge in [-0.3, -0.25) is 14.4 Å². The van der Waals surface area contributed by atoms with Gasteiger partial charge in [0.15, 0.2) is 0 Å². The number of nitrogens with one attached hydrogen (secondary N) is 1. The van der Waals surface area contributed by atoms with Gasteiger partial charge in [-0.05, 0) is 56.2 Å². The smallest absolute Gasteiger partial charge is 0.339 e.